The first kappa shape index (κ1) is 20.5. The van der Waals surface area contributed by atoms with Crippen LogP contribution in [0.25, 0.3) is 0 Å². The standard InChI is InChI=1S/C21H19FN2O4S/c1-15-13-17(22)11-12-20(15)29(26,27)24-19-10-6-5-9-18(19)21(25)23-28-14-16-7-3-2-4-8-16/h2-13,24H,14H2,1H3,(H,23,25). The molecule has 3 aromatic carbocycles. The number of anilines is 1. The summed E-state index contributed by atoms with van der Waals surface area (Å²) in [4.78, 5) is 17.6. The lowest BCUT2D eigenvalue weighted by Crippen LogP contribution is -2.25. The van der Waals surface area contributed by atoms with Crippen molar-refractivity contribution in [3.8, 4) is 0 Å². The van der Waals surface area contributed by atoms with Gasteiger partial charge in [0.2, 0.25) is 0 Å². The molecule has 2 N–H and O–H groups in total. The van der Waals surface area contributed by atoms with Gasteiger partial charge in [0.1, 0.15) is 5.82 Å². The maximum absolute atomic E-state index is 13.3. The molecule has 0 atom stereocenters. The Labute approximate surface area is 168 Å². The molecule has 0 aliphatic heterocycles. The number of benzene rings is 3. The van der Waals surface area contributed by atoms with Gasteiger partial charge in [-0.25, -0.2) is 18.3 Å². The molecule has 0 aliphatic rings. The lowest BCUT2D eigenvalue weighted by Gasteiger charge is -2.14. The van der Waals surface area contributed by atoms with Crippen LogP contribution >= 0.6 is 0 Å². The third-order valence-corrected chi connectivity index (χ3v) is 5.61. The number of halogens is 1. The number of nitrogens with one attached hydrogen (secondary N) is 2. The van der Waals surface area contributed by atoms with Gasteiger partial charge < -0.3 is 0 Å². The number of hydroxylamine groups is 1. The average Bonchev–Trinajstić information content (AvgIpc) is 2.68. The molecule has 0 saturated heterocycles. The van der Waals surface area contributed by atoms with Crippen LogP contribution in [0.3, 0.4) is 0 Å². The Balaban J connectivity index is 1.75. The molecule has 8 heteroatoms. The van der Waals surface area contributed by atoms with Crippen molar-refractivity contribution < 1.29 is 22.4 Å². The second-order valence-electron chi connectivity index (χ2n) is 6.27. The maximum atomic E-state index is 13.3. The predicted molar refractivity (Wildman–Crippen MR) is 107 cm³/mol. The molecule has 6 nitrogen and oxygen atoms in total. The molecule has 0 saturated carbocycles. The highest BCUT2D eigenvalue weighted by Crippen LogP contribution is 2.22. The highest BCUT2D eigenvalue weighted by Gasteiger charge is 2.20. The average molecular weight is 414 g/mol. The number of carbonyl (C=O) groups is 1. The van der Waals surface area contributed by atoms with Crippen molar-refractivity contribution in [1.82, 2.24) is 5.48 Å². The van der Waals surface area contributed by atoms with Crippen LogP contribution < -0.4 is 10.2 Å². The topological polar surface area (TPSA) is 84.5 Å². The molecule has 0 bridgehead atoms. The van der Waals surface area contributed by atoms with E-state index < -0.39 is 21.7 Å². The normalized spacial score (nSPS) is 11.1. The summed E-state index contributed by atoms with van der Waals surface area (Å²) in [6.07, 6.45) is 0. The van der Waals surface area contributed by atoms with E-state index in [2.05, 4.69) is 10.2 Å². The van der Waals surface area contributed by atoms with Crippen molar-refractivity contribution in [2.45, 2.75) is 18.4 Å². The second-order valence-corrected chi connectivity index (χ2v) is 7.92. The van der Waals surface area contributed by atoms with Crippen LogP contribution in [0.15, 0.2) is 77.7 Å². The Morgan fingerprint density at radius 3 is 2.41 bits per heavy atom. The highest BCUT2D eigenvalue weighted by molar-refractivity contribution is 7.92. The fourth-order valence-corrected chi connectivity index (χ4v) is 4.01. The fourth-order valence-electron chi connectivity index (χ4n) is 2.70. The first-order valence-electron chi connectivity index (χ1n) is 8.71. The van der Waals surface area contributed by atoms with Gasteiger partial charge in [0.15, 0.2) is 0 Å². The number of para-hydroxylation sites is 1. The second kappa shape index (κ2) is 8.85. The predicted octanol–water partition coefficient (Wildman–Crippen LogP) is 3.80. The van der Waals surface area contributed by atoms with E-state index in [9.17, 15) is 17.6 Å². The van der Waals surface area contributed by atoms with Crippen molar-refractivity contribution in [2.75, 3.05) is 4.72 Å². The van der Waals surface area contributed by atoms with Gasteiger partial charge in [-0.2, -0.15) is 0 Å². The molecule has 0 aromatic heterocycles. The number of rotatable bonds is 7. The van der Waals surface area contributed by atoms with Gasteiger partial charge in [0.25, 0.3) is 15.9 Å². The molecule has 0 spiro atoms. The molecule has 0 heterocycles. The molecule has 3 aromatic rings. The smallest absolute Gasteiger partial charge is 0.276 e. The summed E-state index contributed by atoms with van der Waals surface area (Å²) in [7, 11) is -4.02. The molecule has 29 heavy (non-hydrogen) atoms. The van der Waals surface area contributed by atoms with Crippen LogP contribution in [-0.4, -0.2) is 14.3 Å². The van der Waals surface area contributed by atoms with Crippen molar-refractivity contribution in [1.29, 1.82) is 0 Å². The van der Waals surface area contributed by atoms with Crippen LogP contribution in [0.1, 0.15) is 21.5 Å². The number of aryl methyl sites for hydroxylation is 1. The monoisotopic (exact) mass is 414 g/mol. The quantitative estimate of drug-likeness (QED) is 0.576. The minimum atomic E-state index is -4.02. The van der Waals surface area contributed by atoms with E-state index in [0.717, 1.165) is 17.7 Å². The number of hydrogen-bond acceptors (Lipinski definition) is 4. The Morgan fingerprint density at radius 2 is 1.69 bits per heavy atom. The SMILES string of the molecule is Cc1cc(F)ccc1S(=O)(=O)Nc1ccccc1C(=O)NOCc1ccccc1. The van der Waals surface area contributed by atoms with E-state index in [4.69, 9.17) is 4.84 Å². The molecule has 3 rings (SSSR count). The van der Waals surface area contributed by atoms with E-state index >= 15 is 0 Å². The molecule has 0 fully saturated rings. The number of hydrogen-bond donors (Lipinski definition) is 2. The summed E-state index contributed by atoms with van der Waals surface area (Å²) in [5.41, 5.74) is 3.60. The Hall–Kier alpha value is -3.23. The minimum absolute atomic E-state index is 0.0746. The minimum Gasteiger partial charge on any atom is -0.279 e. The van der Waals surface area contributed by atoms with Gasteiger partial charge in [-0.1, -0.05) is 42.5 Å². The zero-order valence-electron chi connectivity index (χ0n) is 15.6. The summed E-state index contributed by atoms with van der Waals surface area (Å²) in [5.74, 6) is -1.13. The van der Waals surface area contributed by atoms with Gasteiger partial charge in [-0.15, -0.1) is 0 Å². The van der Waals surface area contributed by atoms with E-state index in [-0.39, 0.29) is 28.3 Å². The van der Waals surface area contributed by atoms with Crippen LogP contribution in [0.4, 0.5) is 10.1 Å². The number of carbonyl (C=O) groups excluding carboxylic acids is 1. The van der Waals surface area contributed by atoms with Crippen molar-refractivity contribution in [3.05, 3.63) is 95.3 Å². The lowest BCUT2D eigenvalue weighted by molar-refractivity contribution is 0.0234. The van der Waals surface area contributed by atoms with Crippen molar-refractivity contribution >= 4 is 21.6 Å². The zero-order valence-corrected chi connectivity index (χ0v) is 16.4. The van der Waals surface area contributed by atoms with E-state index in [1.165, 1.54) is 25.1 Å². The molecule has 1 amide bonds. The Bertz CT molecular complexity index is 1120. The summed E-state index contributed by atoms with van der Waals surface area (Å²) in [5, 5.41) is 0. The summed E-state index contributed by atoms with van der Waals surface area (Å²) >= 11 is 0. The first-order valence-corrected chi connectivity index (χ1v) is 10.2. The summed E-state index contributed by atoms with van der Waals surface area (Å²) in [6.45, 7) is 1.66. The zero-order chi connectivity index (χ0) is 20.9. The Morgan fingerprint density at radius 1 is 1.00 bits per heavy atom. The largest absolute Gasteiger partial charge is 0.279 e. The first-order chi connectivity index (χ1) is 13.9. The van der Waals surface area contributed by atoms with Crippen molar-refractivity contribution in [3.63, 3.8) is 0 Å². The van der Waals surface area contributed by atoms with E-state index in [0.29, 0.717) is 0 Å². The van der Waals surface area contributed by atoms with Crippen LogP contribution in [0.2, 0.25) is 0 Å². The fraction of sp³-hybridized carbons (Fsp3) is 0.0952. The molecule has 0 radical (unpaired) electrons. The lowest BCUT2D eigenvalue weighted by atomic mass is 10.2. The molecule has 150 valence electrons. The molecule has 0 aliphatic carbocycles. The number of sulfonamides is 1. The van der Waals surface area contributed by atoms with Gasteiger partial charge in [0, 0.05) is 0 Å². The van der Waals surface area contributed by atoms with Gasteiger partial charge in [-0.3, -0.25) is 14.4 Å². The van der Waals surface area contributed by atoms with E-state index in [1.807, 2.05) is 30.3 Å². The van der Waals surface area contributed by atoms with Gasteiger partial charge in [-0.05, 0) is 48.4 Å². The summed E-state index contributed by atoms with van der Waals surface area (Å²) in [6, 6.07) is 18.8. The van der Waals surface area contributed by atoms with Crippen LogP contribution in [0.5, 0.6) is 0 Å². The van der Waals surface area contributed by atoms with Crippen molar-refractivity contribution in [2.24, 2.45) is 0 Å². The highest BCUT2D eigenvalue weighted by atomic mass is 32.2. The molecular formula is C21H19FN2O4S. The van der Waals surface area contributed by atoms with Crippen LogP contribution in [0, 0.1) is 12.7 Å². The molecular weight excluding hydrogens is 395 g/mol. The maximum Gasteiger partial charge on any atom is 0.276 e. The third kappa shape index (κ3) is 5.18. The number of amides is 1. The van der Waals surface area contributed by atoms with Gasteiger partial charge in [0.05, 0.1) is 22.8 Å². The van der Waals surface area contributed by atoms with Gasteiger partial charge >= 0.3 is 0 Å². The third-order valence-electron chi connectivity index (χ3n) is 4.09. The molecule has 0 unspecified atom stereocenters. The van der Waals surface area contributed by atoms with Crippen LogP contribution in [-0.2, 0) is 21.5 Å². The summed E-state index contributed by atoms with van der Waals surface area (Å²) < 4.78 is 41.1. The Kier molecular flexibility index (Phi) is 6.26. The van der Waals surface area contributed by atoms with E-state index in [1.54, 1.807) is 12.1 Å².